The molecule has 2 N–H and O–H groups in total. The van der Waals surface area contributed by atoms with Crippen LogP contribution in [0.2, 0.25) is 0 Å². The lowest BCUT2D eigenvalue weighted by Crippen LogP contribution is -2.46. The highest BCUT2D eigenvalue weighted by Crippen LogP contribution is 2.28. The van der Waals surface area contributed by atoms with Crippen molar-refractivity contribution in [2.75, 3.05) is 19.7 Å². The molecule has 1 saturated heterocycles. The van der Waals surface area contributed by atoms with Gasteiger partial charge in [0.25, 0.3) is 0 Å². The summed E-state index contributed by atoms with van der Waals surface area (Å²) in [6.45, 7) is 3.83. The molecule has 0 unspecified atom stereocenters. The lowest BCUT2D eigenvalue weighted by atomic mass is 9.95. The third-order valence-corrected chi connectivity index (χ3v) is 8.37. The molecule has 1 heterocycles. The van der Waals surface area contributed by atoms with Crippen LogP contribution in [0, 0.1) is 0 Å². The van der Waals surface area contributed by atoms with Gasteiger partial charge in [0.15, 0.2) is 0 Å². The maximum absolute atomic E-state index is 13.3. The van der Waals surface area contributed by atoms with E-state index in [1.54, 1.807) is 17.9 Å². The summed E-state index contributed by atoms with van der Waals surface area (Å²) in [5, 5.41) is 5.39. The molecule has 0 spiro atoms. The van der Waals surface area contributed by atoms with Gasteiger partial charge in [0.1, 0.15) is 0 Å². The van der Waals surface area contributed by atoms with E-state index >= 15 is 0 Å². The van der Waals surface area contributed by atoms with Crippen molar-refractivity contribution in [2.24, 2.45) is 0 Å². The second-order valence-corrected chi connectivity index (χ2v) is 10.7. The number of hydrogen-bond donors (Lipinski definition) is 2. The molecule has 1 amide bonds. The summed E-state index contributed by atoms with van der Waals surface area (Å²) in [7, 11) is -3.69. The molecule has 4 rings (SSSR count). The molecule has 0 bridgehead atoms. The van der Waals surface area contributed by atoms with Gasteiger partial charge in [0.2, 0.25) is 10.0 Å². The summed E-state index contributed by atoms with van der Waals surface area (Å²) < 4.78 is 34.6. The number of amides is 1. The first-order valence-electron chi connectivity index (χ1n) is 12.2. The van der Waals surface area contributed by atoms with E-state index in [1.807, 2.05) is 30.3 Å². The van der Waals surface area contributed by atoms with Crippen LogP contribution in [0.1, 0.15) is 57.4 Å². The van der Waals surface area contributed by atoms with Crippen LogP contribution in [0.4, 0.5) is 4.79 Å². The predicted molar refractivity (Wildman–Crippen MR) is 130 cm³/mol. The third kappa shape index (κ3) is 5.86. The highest BCUT2D eigenvalue weighted by Gasteiger charge is 2.28. The van der Waals surface area contributed by atoms with Crippen molar-refractivity contribution >= 4 is 26.9 Å². The molecule has 7 nitrogen and oxygen atoms in total. The first kappa shape index (κ1) is 24.0. The van der Waals surface area contributed by atoms with Crippen LogP contribution in [-0.2, 0) is 21.3 Å². The number of rotatable bonds is 7. The smallest absolute Gasteiger partial charge is 0.409 e. The zero-order valence-corrected chi connectivity index (χ0v) is 20.2. The lowest BCUT2D eigenvalue weighted by molar-refractivity contribution is 0.0966. The predicted octanol–water partition coefficient (Wildman–Crippen LogP) is 4.16. The molecular formula is C25H35N3O4S. The molecular weight excluding hydrogens is 438 g/mol. The van der Waals surface area contributed by atoms with Crippen LogP contribution >= 0.6 is 0 Å². The summed E-state index contributed by atoms with van der Waals surface area (Å²) >= 11 is 0. The van der Waals surface area contributed by atoms with Crippen molar-refractivity contribution in [3.8, 4) is 0 Å². The molecule has 8 heteroatoms. The van der Waals surface area contributed by atoms with Crippen molar-refractivity contribution in [2.45, 2.75) is 75.4 Å². The third-order valence-electron chi connectivity index (χ3n) is 6.79. The first-order valence-corrected chi connectivity index (χ1v) is 13.6. The fourth-order valence-electron chi connectivity index (χ4n) is 4.96. The zero-order valence-electron chi connectivity index (χ0n) is 19.4. The number of likely N-dealkylation sites (tertiary alicyclic amines) is 1. The lowest BCUT2D eigenvalue weighted by Gasteiger charge is -2.31. The normalized spacial score (nSPS) is 18.5. The van der Waals surface area contributed by atoms with Gasteiger partial charge in [-0.2, -0.15) is 0 Å². The average Bonchev–Trinajstić information content (AvgIpc) is 2.83. The highest BCUT2D eigenvalue weighted by molar-refractivity contribution is 7.89. The topological polar surface area (TPSA) is 87.7 Å². The van der Waals surface area contributed by atoms with E-state index < -0.39 is 10.0 Å². The Hall–Kier alpha value is -2.16. The summed E-state index contributed by atoms with van der Waals surface area (Å²) in [6.07, 6.45) is 7.11. The number of nitrogens with zero attached hydrogens (tertiary/aromatic N) is 1. The Kier molecular flexibility index (Phi) is 7.88. The Bertz CT molecular complexity index is 1060. The van der Waals surface area contributed by atoms with Crippen molar-refractivity contribution in [3.05, 3.63) is 42.0 Å². The molecule has 1 aliphatic heterocycles. The van der Waals surface area contributed by atoms with Gasteiger partial charge in [-0.05, 0) is 49.6 Å². The molecule has 0 radical (unpaired) electrons. The van der Waals surface area contributed by atoms with E-state index in [0.29, 0.717) is 43.5 Å². The van der Waals surface area contributed by atoms with Crippen molar-refractivity contribution in [1.82, 2.24) is 14.9 Å². The largest absolute Gasteiger partial charge is 0.450 e. The minimum atomic E-state index is -3.69. The summed E-state index contributed by atoms with van der Waals surface area (Å²) in [5.74, 6) is 0. The average molecular weight is 474 g/mol. The van der Waals surface area contributed by atoms with Gasteiger partial charge in [-0.1, -0.05) is 49.6 Å². The Morgan fingerprint density at radius 2 is 1.67 bits per heavy atom. The fourth-order valence-corrected chi connectivity index (χ4v) is 6.48. The molecule has 2 aromatic carbocycles. The first-order chi connectivity index (χ1) is 16.0. The SMILES string of the molecule is CCOC(=O)N1CCC(NS(=O)(=O)c2ccc(CNC3CCCCC3)c3ccccc23)CC1. The molecule has 1 aliphatic carbocycles. The van der Waals surface area contributed by atoms with Crippen molar-refractivity contribution in [1.29, 1.82) is 0 Å². The van der Waals surface area contributed by atoms with Crippen LogP contribution in [-0.4, -0.2) is 51.2 Å². The molecule has 2 fully saturated rings. The van der Waals surface area contributed by atoms with Crippen molar-refractivity contribution < 1.29 is 17.9 Å². The number of carbonyl (C=O) groups is 1. The van der Waals surface area contributed by atoms with Crippen LogP contribution in [0.5, 0.6) is 0 Å². The number of hydrogen-bond acceptors (Lipinski definition) is 5. The number of piperidine rings is 1. The second-order valence-electron chi connectivity index (χ2n) is 9.07. The van der Waals surface area contributed by atoms with Crippen LogP contribution in [0.15, 0.2) is 41.3 Å². The van der Waals surface area contributed by atoms with E-state index in [4.69, 9.17) is 4.74 Å². The Balaban J connectivity index is 1.46. The van der Waals surface area contributed by atoms with Gasteiger partial charge in [0, 0.05) is 37.1 Å². The summed E-state index contributed by atoms with van der Waals surface area (Å²) in [4.78, 5) is 13.9. The monoisotopic (exact) mass is 473 g/mol. The molecule has 33 heavy (non-hydrogen) atoms. The van der Waals surface area contributed by atoms with Gasteiger partial charge in [0.05, 0.1) is 11.5 Å². The number of sulfonamides is 1. The molecule has 180 valence electrons. The van der Waals surface area contributed by atoms with E-state index in [0.717, 1.165) is 22.9 Å². The standard InChI is InChI=1S/C25H35N3O4S/c1-2-32-25(29)28-16-14-21(15-17-28)27-33(30,31)24-13-12-19(22-10-6-7-11-23(22)24)18-26-20-8-4-3-5-9-20/h6-7,10-13,20-21,26-27H,2-5,8-9,14-18H2,1H3. The number of benzene rings is 2. The zero-order chi connectivity index (χ0) is 23.3. The Morgan fingerprint density at radius 3 is 2.36 bits per heavy atom. The van der Waals surface area contributed by atoms with Crippen LogP contribution in [0.3, 0.4) is 0 Å². The molecule has 0 aromatic heterocycles. The van der Waals surface area contributed by atoms with Gasteiger partial charge < -0.3 is 15.0 Å². The van der Waals surface area contributed by atoms with Gasteiger partial charge in [-0.3, -0.25) is 0 Å². The van der Waals surface area contributed by atoms with E-state index in [9.17, 15) is 13.2 Å². The second kappa shape index (κ2) is 10.8. The number of nitrogens with one attached hydrogen (secondary N) is 2. The summed E-state index contributed by atoms with van der Waals surface area (Å²) in [6, 6.07) is 11.8. The van der Waals surface area contributed by atoms with E-state index in [-0.39, 0.29) is 12.1 Å². The molecule has 2 aliphatic rings. The fraction of sp³-hybridized carbons (Fsp3) is 0.560. The molecule has 1 saturated carbocycles. The molecule has 2 aromatic rings. The van der Waals surface area contributed by atoms with Gasteiger partial charge in [-0.15, -0.1) is 0 Å². The van der Waals surface area contributed by atoms with Crippen LogP contribution in [0.25, 0.3) is 10.8 Å². The van der Waals surface area contributed by atoms with E-state index in [1.165, 1.54) is 32.1 Å². The Morgan fingerprint density at radius 1 is 0.970 bits per heavy atom. The number of fused-ring (bicyclic) bond motifs is 1. The van der Waals surface area contributed by atoms with Gasteiger partial charge >= 0.3 is 6.09 Å². The Labute approximate surface area is 196 Å². The molecule has 0 atom stereocenters. The maximum atomic E-state index is 13.3. The minimum Gasteiger partial charge on any atom is -0.450 e. The quantitative estimate of drug-likeness (QED) is 0.630. The number of carbonyl (C=O) groups excluding carboxylic acids is 1. The number of ether oxygens (including phenoxy) is 1. The van der Waals surface area contributed by atoms with Gasteiger partial charge in [-0.25, -0.2) is 17.9 Å². The van der Waals surface area contributed by atoms with E-state index in [2.05, 4.69) is 10.0 Å². The van der Waals surface area contributed by atoms with Crippen LogP contribution < -0.4 is 10.0 Å². The highest BCUT2D eigenvalue weighted by atomic mass is 32.2. The minimum absolute atomic E-state index is 0.202. The maximum Gasteiger partial charge on any atom is 0.409 e. The van der Waals surface area contributed by atoms with Crippen molar-refractivity contribution in [3.63, 3.8) is 0 Å². The summed E-state index contributed by atoms with van der Waals surface area (Å²) in [5.41, 5.74) is 1.12.